The Morgan fingerprint density at radius 2 is 1.32 bits per heavy atom. The molecule has 1 saturated heterocycles. The van der Waals surface area contributed by atoms with Crippen molar-refractivity contribution in [2.24, 2.45) is 5.41 Å². The highest BCUT2D eigenvalue weighted by atomic mass is 28.3. The fourth-order valence-electron chi connectivity index (χ4n) is 4.77. The van der Waals surface area contributed by atoms with Crippen LogP contribution in [0.15, 0.2) is 60.7 Å². The van der Waals surface area contributed by atoms with Gasteiger partial charge in [-0.15, -0.1) is 5.54 Å². The van der Waals surface area contributed by atoms with E-state index in [1.54, 1.807) is 0 Å². The minimum Gasteiger partial charge on any atom is -0.377 e. The molecular formula is C27H34O3Si. The maximum Gasteiger partial charge on any atom is 0.178 e. The second kappa shape index (κ2) is 7.90. The molecule has 0 radical (unpaired) electrons. The summed E-state index contributed by atoms with van der Waals surface area (Å²) < 4.78 is 13.7. The van der Waals surface area contributed by atoms with Gasteiger partial charge in [-0.25, -0.2) is 0 Å². The van der Waals surface area contributed by atoms with Crippen LogP contribution in [0.4, 0.5) is 0 Å². The summed E-state index contributed by atoms with van der Waals surface area (Å²) >= 11 is 0. The topological polar surface area (TPSA) is 38.7 Å². The van der Waals surface area contributed by atoms with E-state index >= 15 is 0 Å². The number of hydrogen-bond donors (Lipinski definition) is 1. The van der Waals surface area contributed by atoms with Crippen molar-refractivity contribution in [3.8, 4) is 11.5 Å². The molecule has 2 aliphatic rings. The molecule has 3 atom stereocenters. The van der Waals surface area contributed by atoms with Gasteiger partial charge < -0.3 is 14.6 Å². The number of rotatable bonds is 2. The van der Waals surface area contributed by atoms with Crippen LogP contribution in [0.1, 0.15) is 56.4 Å². The number of ether oxygens (including phenoxy) is 2. The third kappa shape index (κ3) is 4.01. The first kappa shape index (κ1) is 22.3. The molecule has 164 valence electrons. The van der Waals surface area contributed by atoms with Gasteiger partial charge in [-0.3, -0.25) is 0 Å². The Morgan fingerprint density at radius 3 is 1.77 bits per heavy atom. The van der Waals surface area contributed by atoms with Gasteiger partial charge in [0.1, 0.15) is 25.9 Å². The summed E-state index contributed by atoms with van der Waals surface area (Å²) in [5.41, 5.74) is 3.74. The SMILES string of the molecule is CC1(C)C(O)(C#C[Si](C)(C)C)CCCC12O[C@H](c1ccccc1)[C@@H](c1ccccc1)O2. The quantitative estimate of drug-likeness (QED) is 0.463. The first-order valence-electron chi connectivity index (χ1n) is 11.3. The summed E-state index contributed by atoms with van der Waals surface area (Å²) in [6.45, 7) is 10.7. The van der Waals surface area contributed by atoms with E-state index in [0.717, 1.165) is 24.0 Å². The highest BCUT2D eigenvalue weighted by Crippen LogP contribution is 2.61. The molecule has 1 N–H and O–H groups in total. The van der Waals surface area contributed by atoms with Gasteiger partial charge >= 0.3 is 0 Å². The average Bonchev–Trinajstić information content (AvgIpc) is 3.13. The van der Waals surface area contributed by atoms with Gasteiger partial charge in [0.2, 0.25) is 0 Å². The molecule has 1 saturated carbocycles. The fourth-order valence-corrected chi connectivity index (χ4v) is 5.35. The normalized spacial score (nSPS) is 29.4. The van der Waals surface area contributed by atoms with Crippen LogP contribution in [-0.4, -0.2) is 24.6 Å². The zero-order valence-corrected chi connectivity index (χ0v) is 20.3. The van der Waals surface area contributed by atoms with Crippen molar-refractivity contribution in [1.82, 2.24) is 0 Å². The van der Waals surface area contributed by atoms with Crippen molar-refractivity contribution in [1.29, 1.82) is 0 Å². The van der Waals surface area contributed by atoms with Crippen molar-refractivity contribution >= 4 is 8.07 Å². The molecule has 1 spiro atoms. The van der Waals surface area contributed by atoms with E-state index in [1.165, 1.54) is 0 Å². The summed E-state index contributed by atoms with van der Waals surface area (Å²) in [6, 6.07) is 20.5. The van der Waals surface area contributed by atoms with E-state index in [4.69, 9.17) is 9.47 Å². The molecule has 4 heteroatoms. The molecule has 2 fully saturated rings. The van der Waals surface area contributed by atoms with Crippen LogP contribution in [0.2, 0.25) is 19.6 Å². The zero-order valence-electron chi connectivity index (χ0n) is 19.3. The molecule has 0 aromatic heterocycles. The van der Waals surface area contributed by atoms with Gasteiger partial charge in [-0.1, -0.05) is 100 Å². The molecule has 1 unspecified atom stereocenters. The second-order valence-electron chi connectivity index (χ2n) is 10.5. The van der Waals surface area contributed by atoms with E-state index in [1.807, 2.05) is 36.4 Å². The molecule has 1 aliphatic carbocycles. The van der Waals surface area contributed by atoms with Gasteiger partial charge in [-0.2, -0.15) is 0 Å². The molecule has 3 nitrogen and oxygen atoms in total. The first-order chi connectivity index (χ1) is 14.6. The van der Waals surface area contributed by atoms with Gasteiger partial charge in [0, 0.05) is 6.42 Å². The van der Waals surface area contributed by atoms with Crippen molar-refractivity contribution in [3.05, 3.63) is 71.8 Å². The smallest absolute Gasteiger partial charge is 0.178 e. The zero-order chi connectivity index (χ0) is 22.3. The summed E-state index contributed by atoms with van der Waals surface area (Å²) in [5, 5.41) is 11.8. The Hall–Kier alpha value is -1.90. The van der Waals surface area contributed by atoms with Crippen LogP contribution in [-0.2, 0) is 9.47 Å². The molecule has 0 bridgehead atoms. The summed E-state index contributed by atoms with van der Waals surface area (Å²) in [4.78, 5) is 0. The summed E-state index contributed by atoms with van der Waals surface area (Å²) in [6.07, 6.45) is 1.70. The van der Waals surface area contributed by atoms with Crippen molar-refractivity contribution in [3.63, 3.8) is 0 Å². The van der Waals surface area contributed by atoms with E-state index in [-0.39, 0.29) is 12.2 Å². The number of hydrogen-bond acceptors (Lipinski definition) is 3. The molecule has 2 aromatic rings. The molecule has 0 amide bonds. The van der Waals surface area contributed by atoms with Crippen molar-refractivity contribution in [2.45, 2.75) is 76.3 Å². The Kier molecular flexibility index (Phi) is 5.68. The van der Waals surface area contributed by atoms with E-state index < -0.39 is 24.9 Å². The Morgan fingerprint density at radius 1 is 0.839 bits per heavy atom. The molecule has 31 heavy (non-hydrogen) atoms. The molecule has 2 aromatic carbocycles. The predicted molar refractivity (Wildman–Crippen MR) is 127 cm³/mol. The molecule has 1 heterocycles. The lowest BCUT2D eigenvalue weighted by atomic mass is 9.62. The maximum atomic E-state index is 11.8. The molecule has 4 rings (SSSR count). The van der Waals surface area contributed by atoms with Crippen LogP contribution < -0.4 is 0 Å². The first-order valence-corrected chi connectivity index (χ1v) is 14.8. The van der Waals surface area contributed by atoms with E-state index in [2.05, 4.69) is 69.2 Å². The lowest BCUT2D eigenvalue weighted by molar-refractivity contribution is -0.299. The third-order valence-electron chi connectivity index (χ3n) is 6.84. The lowest BCUT2D eigenvalue weighted by Crippen LogP contribution is -2.62. The van der Waals surface area contributed by atoms with Crippen LogP contribution in [0, 0.1) is 16.9 Å². The largest absolute Gasteiger partial charge is 0.377 e. The third-order valence-corrected chi connectivity index (χ3v) is 7.72. The summed E-state index contributed by atoms with van der Waals surface area (Å²) in [7, 11) is -1.64. The highest BCUT2D eigenvalue weighted by molar-refractivity contribution is 6.83. The average molecular weight is 435 g/mol. The monoisotopic (exact) mass is 434 g/mol. The van der Waals surface area contributed by atoms with Crippen LogP contribution in [0.3, 0.4) is 0 Å². The van der Waals surface area contributed by atoms with Crippen LogP contribution in [0.5, 0.6) is 0 Å². The molecule has 1 aliphatic heterocycles. The van der Waals surface area contributed by atoms with E-state index in [9.17, 15) is 5.11 Å². The second-order valence-corrected chi connectivity index (χ2v) is 15.2. The van der Waals surface area contributed by atoms with Gasteiger partial charge in [0.05, 0.1) is 5.41 Å². The van der Waals surface area contributed by atoms with Gasteiger partial charge in [0.15, 0.2) is 5.79 Å². The minimum atomic E-state index is -1.64. The Bertz CT molecular complexity index is 921. The fraction of sp³-hybridized carbons (Fsp3) is 0.481. The minimum absolute atomic E-state index is 0.241. The highest BCUT2D eigenvalue weighted by Gasteiger charge is 2.65. The standard InChI is InChI=1S/C27H34O3Si/c1-25(2)26(28,19-20-31(3,4)5)17-12-18-27(25)29-23(21-13-8-6-9-14-21)24(30-27)22-15-10-7-11-16-22/h6-11,13-16,23-24,28H,12,17-18H2,1-5H3/t23-,24-,26?/m1/s1. The van der Waals surface area contributed by atoms with Gasteiger partial charge in [-0.05, 0) is 24.0 Å². The van der Waals surface area contributed by atoms with Crippen LogP contribution >= 0.6 is 0 Å². The van der Waals surface area contributed by atoms with Crippen LogP contribution in [0.25, 0.3) is 0 Å². The van der Waals surface area contributed by atoms with Gasteiger partial charge in [0.25, 0.3) is 0 Å². The summed E-state index contributed by atoms with van der Waals surface area (Å²) in [5.74, 6) is 2.39. The van der Waals surface area contributed by atoms with E-state index in [0.29, 0.717) is 6.42 Å². The number of aliphatic hydroxyl groups is 1. The van der Waals surface area contributed by atoms with Crippen molar-refractivity contribution < 1.29 is 14.6 Å². The molecular weight excluding hydrogens is 400 g/mol. The number of benzene rings is 2. The Labute approximate surface area is 187 Å². The maximum absolute atomic E-state index is 11.8. The van der Waals surface area contributed by atoms with Crippen molar-refractivity contribution in [2.75, 3.05) is 0 Å². The lowest BCUT2D eigenvalue weighted by Gasteiger charge is -2.53. The Balaban J connectivity index is 1.78. The predicted octanol–water partition coefficient (Wildman–Crippen LogP) is 6.03.